The second kappa shape index (κ2) is 5.66. The Morgan fingerprint density at radius 1 is 1.27 bits per heavy atom. The van der Waals surface area contributed by atoms with E-state index in [1.807, 2.05) is 0 Å². The van der Waals surface area contributed by atoms with Gasteiger partial charge in [0.15, 0.2) is 0 Å². The molecule has 0 aromatic rings. The van der Waals surface area contributed by atoms with Crippen molar-refractivity contribution < 1.29 is 23.1 Å². The predicted molar refractivity (Wildman–Crippen MR) is 52.0 cm³/mol. The highest BCUT2D eigenvalue weighted by Gasteiger charge is 2.18. The standard InChI is InChI=1S/C7H14N2O5S/c1-15(13,14)9(8)6(10)4-2-3-5-7(11)12/h2-5,8H2,1H3,(H,11,12). The highest BCUT2D eigenvalue weighted by Crippen LogP contribution is 2.03. The number of carbonyl (C=O) groups excluding carboxylic acids is 1. The topological polar surface area (TPSA) is 118 Å². The molecule has 0 spiro atoms. The van der Waals surface area contributed by atoms with Crippen molar-refractivity contribution in [1.29, 1.82) is 0 Å². The van der Waals surface area contributed by atoms with Gasteiger partial charge in [-0.15, -0.1) is 0 Å². The van der Waals surface area contributed by atoms with Gasteiger partial charge in [-0.3, -0.25) is 9.59 Å². The molecule has 88 valence electrons. The van der Waals surface area contributed by atoms with E-state index in [1.54, 1.807) is 0 Å². The molecule has 0 rings (SSSR count). The minimum atomic E-state index is -3.71. The number of nitrogens with two attached hydrogens (primary N) is 1. The quantitative estimate of drug-likeness (QED) is 0.273. The summed E-state index contributed by atoms with van der Waals surface area (Å²) in [6.45, 7) is 0. The van der Waals surface area contributed by atoms with Crippen LogP contribution in [0.1, 0.15) is 25.7 Å². The zero-order valence-corrected chi connectivity index (χ0v) is 9.16. The van der Waals surface area contributed by atoms with Crippen molar-refractivity contribution in [3.63, 3.8) is 0 Å². The van der Waals surface area contributed by atoms with Crippen LogP contribution in [0.4, 0.5) is 0 Å². The van der Waals surface area contributed by atoms with E-state index in [9.17, 15) is 18.0 Å². The fourth-order valence-corrected chi connectivity index (χ4v) is 1.31. The third kappa shape index (κ3) is 6.02. The summed E-state index contributed by atoms with van der Waals surface area (Å²) in [6, 6.07) is 0. The molecule has 0 aliphatic carbocycles. The van der Waals surface area contributed by atoms with Gasteiger partial charge in [0.25, 0.3) is 5.91 Å². The number of rotatable bonds is 6. The number of unbranched alkanes of at least 4 members (excludes halogenated alkanes) is 1. The van der Waals surface area contributed by atoms with Gasteiger partial charge in [0.2, 0.25) is 10.0 Å². The average molecular weight is 238 g/mol. The first-order valence-corrected chi connectivity index (χ1v) is 6.09. The maximum atomic E-state index is 11.1. The van der Waals surface area contributed by atoms with Gasteiger partial charge < -0.3 is 5.11 Å². The summed E-state index contributed by atoms with van der Waals surface area (Å²) in [5, 5.41) is 8.30. The number of nitrogens with zero attached hydrogens (tertiary/aromatic N) is 1. The number of sulfonamides is 1. The molecule has 0 bridgehead atoms. The number of hydrazine groups is 1. The molecule has 0 saturated carbocycles. The summed E-state index contributed by atoms with van der Waals surface area (Å²) in [5.74, 6) is 3.33. The summed E-state index contributed by atoms with van der Waals surface area (Å²) in [5.41, 5.74) is 0. The molecule has 8 heteroatoms. The van der Waals surface area contributed by atoms with Crippen molar-refractivity contribution in [3.05, 3.63) is 0 Å². The van der Waals surface area contributed by atoms with Crippen LogP contribution >= 0.6 is 0 Å². The predicted octanol–water partition coefficient (Wildman–Crippen LogP) is -0.707. The first-order valence-electron chi connectivity index (χ1n) is 4.24. The van der Waals surface area contributed by atoms with E-state index in [0.29, 0.717) is 12.8 Å². The Kier molecular flexibility index (Phi) is 5.23. The fraction of sp³-hybridized carbons (Fsp3) is 0.714. The second-order valence-corrected chi connectivity index (χ2v) is 4.91. The molecular weight excluding hydrogens is 224 g/mol. The molecular formula is C7H14N2O5S. The number of aliphatic carboxylic acids is 1. The highest BCUT2D eigenvalue weighted by atomic mass is 32.2. The van der Waals surface area contributed by atoms with Crippen LogP contribution in [0.2, 0.25) is 0 Å². The molecule has 0 aromatic carbocycles. The molecule has 0 aromatic heterocycles. The second-order valence-electron chi connectivity index (χ2n) is 3.05. The number of carbonyl (C=O) groups is 2. The maximum Gasteiger partial charge on any atom is 0.303 e. The largest absolute Gasteiger partial charge is 0.481 e. The van der Waals surface area contributed by atoms with E-state index < -0.39 is 21.9 Å². The van der Waals surface area contributed by atoms with Crippen molar-refractivity contribution in [2.24, 2.45) is 5.84 Å². The molecule has 0 heterocycles. The van der Waals surface area contributed by atoms with Crippen LogP contribution < -0.4 is 5.84 Å². The Bertz CT molecular complexity index is 337. The third-order valence-corrected chi connectivity index (χ3v) is 2.55. The van der Waals surface area contributed by atoms with Crippen LogP contribution in [0.25, 0.3) is 0 Å². The normalized spacial score (nSPS) is 11.1. The molecule has 0 fully saturated rings. The van der Waals surface area contributed by atoms with Gasteiger partial charge >= 0.3 is 5.97 Å². The molecule has 0 atom stereocenters. The van der Waals surface area contributed by atoms with Gasteiger partial charge in [0, 0.05) is 12.8 Å². The summed E-state index contributed by atoms with van der Waals surface area (Å²) in [6.07, 6.45) is 1.32. The van der Waals surface area contributed by atoms with Gasteiger partial charge in [-0.1, -0.05) is 0 Å². The van der Waals surface area contributed by atoms with E-state index in [1.165, 1.54) is 0 Å². The van der Waals surface area contributed by atoms with E-state index in [0.717, 1.165) is 6.26 Å². The van der Waals surface area contributed by atoms with Gasteiger partial charge in [0.05, 0.1) is 6.26 Å². The van der Waals surface area contributed by atoms with Crippen LogP contribution in [0, 0.1) is 0 Å². The SMILES string of the molecule is CS(=O)(=O)N(N)C(=O)CCCCC(=O)O. The van der Waals surface area contributed by atoms with Crippen molar-refractivity contribution in [2.75, 3.05) is 6.26 Å². The summed E-state index contributed by atoms with van der Waals surface area (Å²) >= 11 is 0. The van der Waals surface area contributed by atoms with Crippen molar-refractivity contribution in [1.82, 2.24) is 4.41 Å². The summed E-state index contributed by atoms with van der Waals surface area (Å²) < 4.78 is 21.8. The monoisotopic (exact) mass is 238 g/mol. The average Bonchev–Trinajstić information content (AvgIpc) is 2.09. The van der Waals surface area contributed by atoms with Crippen molar-refractivity contribution in [3.8, 4) is 0 Å². The van der Waals surface area contributed by atoms with Gasteiger partial charge in [-0.25, -0.2) is 14.3 Å². The molecule has 0 aliphatic heterocycles. The summed E-state index contributed by atoms with van der Waals surface area (Å²) in [7, 11) is -3.71. The zero-order valence-electron chi connectivity index (χ0n) is 8.34. The van der Waals surface area contributed by atoms with Crippen molar-refractivity contribution in [2.45, 2.75) is 25.7 Å². The number of carboxylic acid groups (broad SMARTS) is 1. The van der Waals surface area contributed by atoms with Crippen LogP contribution in [0.5, 0.6) is 0 Å². The molecule has 0 unspecified atom stereocenters. The van der Waals surface area contributed by atoms with Crippen molar-refractivity contribution >= 4 is 21.9 Å². The van der Waals surface area contributed by atoms with Gasteiger partial charge in [-0.05, 0) is 12.8 Å². The Morgan fingerprint density at radius 3 is 2.13 bits per heavy atom. The molecule has 15 heavy (non-hydrogen) atoms. The number of hydrogen-bond acceptors (Lipinski definition) is 5. The van der Waals surface area contributed by atoms with Gasteiger partial charge in [0.1, 0.15) is 0 Å². The highest BCUT2D eigenvalue weighted by molar-refractivity contribution is 7.88. The number of amides is 1. The fourth-order valence-electron chi connectivity index (χ4n) is 0.848. The van der Waals surface area contributed by atoms with Gasteiger partial charge in [-0.2, -0.15) is 4.41 Å². The molecule has 0 aliphatic rings. The lowest BCUT2D eigenvalue weighted by atomic mass is 10.2. The Morgan fingerprint density at radius 2 is 1.73 bits per heavy atom. The Balaban J connectivity index is 3.90. The lowest BCUT2D eigenvalue weighted by Crippen LogP contribution is -2.41. The lowest BCUT2D eigenvalue weighted by Gasteiger charge is -2.12. The number of hydrogen-bond donors (Lipinski definition) is 2. The van der Waals surface area contributed by atoms with E-state index >= 15 is 0 Å². The van der Waals surface area contributed by atoms with E-state index in [4.69, 9.17) is 10.9 Å². The lowest BCUT2D eigenvalue weighted by molar-refractivity contribution is -0.137. The molecule has 1 amide bonds. The first-order chi connectivity index (χ1) is 6.75. The van der Waals surface area contributed by atoms with Crippen LogP contribution in [0.3, 0.4) is 0 Å². The minimum Gasteiger partial charge on any atom is -0.481 e. The van der Waals surface area contributed by atoms with Crippen LogP contribution in [0.15, 0.2) is 0 Å². The molecule has 0 saturated heterocycles. The molecule has 3 N–H and O–H groups in total. The smallest absolute Gasteiger partial charge is 0.303 e. The van der Waals surface area contributed by atoms with Crippen LogP contribution in [-0.2, 0) is 19.6 Å². The molecule has 7 nitrogen and oxygen atoms in total. The summed E-state index contributed by atoms with van der Waals surface area (Å²) in [4.78, 5) is 21.2. The minimum absolute atomic E-state index is 0.0449. The first kappa shape index (κ1) is 13.8. The maximum absolute atomic E-state index is 11.1. The van der Waals surface area contributed by atoms with Crippen LogP contribution in [-0.4, -0.2) is 36.1 Å². The zero-order chi connectivity index (χ0) is 12.1. The third-order valence-electron chi connectivity index (χ3n) is 1.63. The van der Waals surface area contributed by atoms with E-state index in [-0.39, 0.29) is 17.3 Å². The Labute approximate surface area is 87.9 Å². The van der Waals surface area contributed by atoms with E-state index in [2.05, 4.69) is 0 Å². The Hall–Kier alpha value is -1.15. The number of carboxylic acids is 1. The molecule has 0 radical (unpaired) electrons.